The van der Waals surface area contributed by atoms with Gasteiger partial charge in [-0.1, -0.05) is 29.5 Å². The molecule has 1 aliphatic heterocycles. The Morgan fingerprint density at radius 2 is 1.93 bits per heavy atom. The molecule has 1 amide bonds. The van der Waals surface area contributed by atoms with Gasteiger partial charge in [-0.2, -0.15) is 0 Å². The fourth-order valence-electron chi connectivity index (χ4n) is 2.86. The van der Waals surface area contributed by atoms with Crippen LogP contribution >= 0.6 is 0 Å². The van der Waals surface area contributed by atoms with Crippen molar-refractivity contribution in [1.29, 1.82) is 0 Å². The fourth-order valence-corrected chi connectivity index (χ4v) is 2.86. The van der Waals surface area contributed by atoms with Crippen LogP contribution in [0, 0.1) is 0 Å². The maximum Gasteiger partial charge on any atom is 0.277 e. The minimum Gasteiger partial charge on any atom is -0.486 e. The monoisotopic (exact) mass is 366 g/mol. The Bertz CT molecular complexity index is 1030. The first-order valence-electron chi connectivity index (χ1n) is 8.68. The first kappa shape index (κ1) is 17.0. The molecular weight excluding hydrogens is 348 g/mol. The molecule has 8 nitrogen and oxygen atoms in total. The molecule has 2 heterocycles. The first-order chi connectivity index (χ1) is 13.2. The molecule has 3 aromatic rings. The maximum absolute atomic E-state index is 12.4. The number of aryl methyl sites for hydroxylation is 1. The summed E-state index contributed by atoms with van der Waals surface area (Å²) in [6.45, 7) is 0.853. The Morgan fingerprint density at radius 3 is 2.81 bits per heavy atom. The molecule has 8 heteroatoms. The van der Waals surface area contributed by atoms with Crippen molar-refractivity contribution in [2.45, 2.75) is 19.1 Å². The van der Waals surface area contributed by atoms with Gasteiger partial charge in [-0.25, -0.2) is 4.68 Å². The van der Waals surface area contributed by atoms with Crippen molar-refractivity contribution in [3.05, 3.63) is 58.9 Å². The highest BCUT2D eigenvalue weighted by Crippen LogP contribution is 2.30. The van der Waals surface area contributed by atoms with Gasteiger partial charge in [0.05, 0.1) is 18.5 Å². The lowest BCUT2D eigenvalue weighted by molar-refractivity contribution is -0.121. The van der Waals surface area contributed by atoms with Gasteiger partial charge in [0.25, 0.3) is 5.56 Å². The number of nitrogens with one attached hydrogen (secondary N) is 1. The Kier molecular flexibility index (Phi) is 4.69. The van der Waals surface area contributed by atoms with Crippen LogP contribution in [0.25, 0.3) is 10.9 Å². The van der Waals surface area contributed by atoms with Crippen molar-refractivity contribution in [3.63, 3.8) is 0 Å². The summed E-state index contributed by atoms with van der Waals surface area (Å²) < 4.78 is 12.6. The number of carbonyl (C=O) groups is 1. The van der Waals surface area contributed by atoms with Crippen molar-refractivity contribution in [1.82, 2.24) is 20.3 Å². The predicted molar refractivity (Wildman–Crippen MR) is 97.8 cm³/mol. The zero-order valence-electron chi connectivity index (χ0n) is 14.5. The van der Waals surface area contributed by atoms with Gasteiger partial charge < -0.3 is 14.8 Å². The van der Waals surface area contributed by atoms with E-state index in [0.29, 0.717) is 35.6 Å². The van der Waals surface area contributed by atoms with E-state index in [0.717, 1.165) is 0 Å². The summed E-state index contributed by atoms with van der Waals surface area (Å²) in [5.41, 5.74) is 0.284. The smallest absolute Gasteiger partial charge is 0.277 e. The van der Waals surface area contributed by atoms with E-state index in [4.69, 9.17) is 9.47 Å². The molecular formula is C19H18N4O4. The van der Waals surface area contributed by atoms with Gasteiger partial charge in [-0.15, -0.1) is 5.10 Å². The van der Waals surface area contributed by atoms with Crippen LogP contribution in [0.15, 0.2) is 53.3 Å². The summed E-state index contributed by atoms with van der Waals surface area (Å²) in [6, 6.07) is 14.4. The lowest BCUT2D eigenvalue weighted by atomic mass is 10.2. The van der Waals surface area contributed by atoms with Crippen molar-refractivity contribution in [3.8, 4) is 11.5 Å². The minimum atomic E-state index is -0.257. The molecule has 1 aliphatic rings. The second-order valence-electron chi connectivity index (χ2n) is 6.19. The van der Waals surface area contributed by atoms with Crippen LogP contribution in [-0.4, -0.2) is 40.2 Å². The van der Waals surface area contributed by atoms with Gasteiger partial charge in [-0.3, -0.25) is 9.59 Å². The Balaban J connectivity index is 1.31. The van der Waals surface area contributed by atoms with Gasteiger partial charge in [0.2, 0.25) is 5.91 Å². The van der Waals surface area contributed by atoms with Crippen molar-refractivity contribution >= 4 is 16.8 Å². The molecule has 27 heavy (non-hydrogen) atoms. The molecule has 0 radical (unpaired) electrons. The molecule has 0 saturated heterocycles. The fraction of sp³-hybridized carbons (Fsp3) is 0.263. The number of fused-ring (bicyclic) bond motifs is 2. The van der Waals surface area contributed by atoms with E-state index in [1.54, 1.807) is 24.3 Å². The molecule has 1 atom stereocenters. The topological polar surface area (TPSA) is 95.3 Å². The average molecular weight is 366 g/mol. The Morgan fingerprint density at radius 1 is 1.15 bits per heavy atom. The quantitative estimate of drug-likeness (QED) is 0.728. The van der Waals surface area contributed by atoms with Crippen LogP contribution in [0.3, 0.4) is 0 Å². The summed E-state index contributed by atoms with van der Waals surface area (Å²) in [7, 11) is 0. The molecule has 0 bridgehead atoms. The zero-order chi connectivity index (χ0) is 18.6. The predicted octanol–water partition coefficient (Wildman–Crippen LogP) is 1.14. The molecule has 0 unspecified atom stereocenters. The molecule has 0 fully saturated rings. The number of benzene rings is 2. The number of hydrogen-bond acceptors (Lipinski definition) is 6. The molecule has 1 N–H and O–H groups in total. The number of amides is 1. The summed E-state index contributed by atoms with van der Waals surface area (Å²) in [4.78, 5) is 24.5. The van der Waals surface area contributed by atoms with Crippen molar-refractivity contribution in [2.24, 2.45) is 0 Å². The number of hydrogen-bond donors (Lipinski definition) is 1. The van der Waals surface area contributed by atoms with Gasteiger partial charge in [0, 0.05) is 6.42 Å². The van der Waals surface area contributed by atoms with Gasteiger partial charge >= 0.3 is 0 Å². The minimum absolute atomic E-state index is 0.122. The number of nitrogens with zero attached hydrogens (tertiary/aromatic N) is 3. The Labute approximate surface area is 154 Å². The van der Waals surface area contributed by atoms with Crippen LogP contribution in [-0.2, 0) is 11.3 Å². The molecule has 2 aromatic carbocycles. The highest BCUT2D eigenvalue weighted by Gasteiger charge is 2.21. The number of ether oxygens (including phenoxy) is 2. The summed E-state index contributed by atoms with van der Waals surface area (Å²) >= 11 is 0. The van der Waals surface area contributed by atoms with Crippen LogP contribution in [0.5, 0.6) is 11.5 Å². The standard InChI is InChI=1S/C19H18N4O4/c24-18(20-11-13-12-26-16-7-3-4-8-17(16)27-13)9-10-23-19(25)14-5-1-2-6-15(14)21-22-23/h1-8,13H,9-12H2,(H,20,24)/t13-/m0/s1. The van der Waals surface area contributed by atoms with E-state index < -0.39 is 0 Å². The van der Waals surface area contributed by atoms with Crippen LogP contribution < -0.4 is 20.3 Å². The van der Waals surface area contributed by atoms with Gasteiger partial charge in [-0.05, 0) is 24.3 Å². The Hall–Kier alpha value is -3.42. The maximum atomic E-state index is 12.4. The summed E-state index contributed by atoms with van der Waals surface area (Å²) in [5, 5.41) is 11.2. The van der Waals surface area contributed by atoms with E-state index in [2.05, 4.69) is 15.6 Å². The van der Waals surface area contributed by atoms with Crippen LogP contribution in [0.1, 0.15) is 6.42 Å². The number of rotatable bonds is 5. The zero-order valence-corrected chi connectivity index (χ0v) is 14.5. The van der Waals surface area contributed by atoms with Gasteiger partial charge in [0.15, 0.2) is 11.5 Å². The highest BCUT2D eigenvalue weighted by atomic mass is 16.6. The number of carbonyl (C=O) groups excluding carboxylic acids is 1. The normalized spacial score (nSPS) is 15.5. The molecule has 0 aliphatic carbocycles. The average Bonchev–Trinajstić information content (AvgIpc) is 2.72. The third-order valence-electron chi connectivity index (χ3n) is 4.27. The second kappa shape index (κ2) is 7.45. The number of para-hydroxylation sites is 2. The third-order valence-corrected chi connectivity index (χ3v) is 4.27. The van der Waals surface area contributed by atoms with E-state index in [9.17, 15) is 9.59 Å². The first-order valence-corrected chi connectivity index (χ1v) is 8.68. The molecule has 0 spiro atoms. The molecule has 138 valence electrons. The second-order valence-corrected chi connectivity index (χ2v) is 6.19. The lowest BCUT2D eigenvalue weighted by Gasteiger charge is -2.26. The van der Waals surface area contributed by atoms with E-state index in [-0.39, 0.29) is 30.5 Å². The summed E-state index contributed by atoms with van der Waals surface area (Å²) in [6.07, 6.45) is -0.135. The lowest BCUT2D eigenvalue weighted by Crippen LogP contribution is -2.41. The molecule has 1 aromatic heterocycles. The largest absolute Gasteiger partial charge is 0.486 e. The highest BCUT2D eigenvalue weighted by molar-refractivity contribution is 5.77. The number of aromatic nitrogens is 3. The SMILES string of the molecule is O=C(CCn1nnc2ccccc2c1=O)NC[C@H]1COc2ccccc2O1. The van der Waals surface area contributed by atoms with Crippen molar-refractivity contribution < 1.29 is 14.3 Å². The molecule has 4 rings (SSSR count). The molecule has 0 saturated carbocycles. The van der Waals surface area contributed by atoms with Crippen LogP contribution in [0.4, 0.5) is 0 Å². The van der Waals surface area contributed by atoms with E-state index in [1.165, 1.54) is 4.68 Å². The van der Waals surface area contributed by atoms with Gasteiger partial charge in [0.1, 0.15) is 18.2 Å². The van der Waals surface area contributed by atoms with E-state index >= 15 is 0 Å². The van der Waals surface area contributed by atoms with Crippen LogP contribution in [0.2, 0.25) is 0 Å². The summed E-state index contributed by atoms with van der Waals surface area (Å²) in [5.74, 6) is 1.18. The van der Waals surface area contributed by atoms with E-state index in [1.807, 2.05) is 24.3 Å². The third kappa shape index (κ3) is 3.74. The van der Waals surface area contributed by atoms with Crippen molar-refractivity contribution in [2.75, 3.05) is 13.2 Å².